The first-order valence-electron chi connectivity index (χ1n) is 8.07. The molecule has 0 saturated heterocycles. The van der Waals surface area contributed by atoms with Gasteiger partial charge in [0.05, 0.1) is 0 Å². The van der Waals surface area contributed by atoms with Crippen molar-refractivity contribution in [2.75, 3.05) is 0 Å². The summed E-state index contributed by atoms with van der Waals surface area (Å²) in [6.45, 7) is 5.67. The molecule has 0 nitrogen and oxygen atoms in total. The SMILES string of the molecule is C=CC1CC2C=CC1C2[Si](Cl)(Cl)C1C2C=CC1C(C=C)C2. The van der Waals surface area contributed by atoms with E-state index >= 15 is 0 Å². The van der Waals surface area contributed by atoms with E-state index in [0.717, 1.165) is 0 Å². The Hall–Kier alpha value is -0.243. The Bertz CT molecular complexity index is 489. The van der Waals surface area contributed by atoms with Crippen LogP contribution in [0.1, 0.15) is 12.8 Å². The first-order chi connectivity index (χ1) is 10.1. The topological polar surface area (TPSA) is 0 Å². The van der Waals surface area contributed by atoms with Crippen LogP contribution >= 0.6 is 22.2 Å². The van der Waals surface area contributed by atoms with Gasteiger partial charge in [-0.3, -0.25) is 0 Å². The highest BCUT2D eigenvalue weighted by Crippen LogP contribution is 2.67. The lowest BCUT2D eigenvalue weighted by molar-refractivity contribution is 0.537. The highest BCUT2D eigenvalue weighted by Gasteiger charge is 2.63. The molecule has 2 fully saturated rings. The van der Waals surface area contributed by atoms with Crippen LogP contribution in [0.15, 0.2) is 49.6 Å². The summed E-state index contributed by atoms with van der Waals surface area (Å²) in [4.78, 5) is 0. The summed E-state index contributed by atoms with van der Waals surface area (Å²) in [7, 11) is 0. The molecule has 4 aliphatic rings. The van der Waals surface area contributed by atoms with Crippen LogP contribution in [-0.2, 0) is 0 Å². The van der Waals surface area contributed by atoms with Crippen LogP contribution < -0.4 is 0 Å². The highest BCUT2D eigenvalue weighted by atomic mass is 35.7. The van der Waals surface area contributed by atoms with Gasteiger partial charge in [0.1, 0.15) is 0 Å². The second-order valence-electron chi connectivity index (χ2n) is 7.25. The molecular formula is C18H22Cl2Si. The molecule has 0 aromatic heterocycles. The van der Waals surface area contributed by atoms with Crippen molar-refractivity contribution in [3.05, 3.63) is 49.6 Å². The van der Waals surface area contributed by atoms with Crippen molar-refractivity contribution in [3.8, 4) is 0 Å². The normalized spacial score (nSPS) is 50.0. The Kier molecular flexibility index (Phi) is 3.33. The quantitative estimate of drug-likeness (QED) is 0.353. The Labute approximate surface area is 138 Å². The van der Waals surface area contributed by atoms with Crippen LogP contribution in [0, 0.1) is 35.5 Å². The number of halogens is 2. The number of allylic oxidation sites excluding steroid dienone is 6. The minimum atomic E-state index is -2.36. The molecule has 4 bridgehead atoms. The van der Waals surface area contributed by atoms with Crippen LogP contribution in [0.5, 0.6) is 0 Å². The largest absolute Gasteiger partial charge is 0.259 e. The summed E-state index contributed by atoms with van der Waals surface area (Å²) in [5.74, 6) is 3.41. The zero-order valence-corrected chi connectivity index (χ0v) is 14.7. The van der Waals surface area contributed by atoms with E-state index in [2.05, 4.69) is 49.6 Å². The lowest BCUT2D eigenvalue weighted by Gasteiger charge is -2.36. The molecule has 0 aromatic rings. The van der Waals surface area contributed by atoms with E-state index in [-0.39, 0.29) is 0 Å². The van der Waals surface area contributed by atoms with Gasteiger partial charge in [0, 0.05) is 0 Å². The summed E-state index contributed by atoms with van der Waals surface area (Å²) in [5.41, 5.74) is 0.976. The van der Waals surface area contributed by atoms with Gasteiger partial charge in [-0.1, -0.05) is 36.5 Å². The molecule has 0 N–H and O–H groups in total. The fourth-order valence-electron chi connectivity index (χ4n) is 5.62. The van der Waals surface area contributed by atoms with Crippen molar-refractivity contribution >= 4 is 28.9 Å². The second kappa shape index (κ2) is 4.88. The van der Waals surface area contributed by atoms with Gasteiger partial charge in [0.2, 0.25) is 0 Å². The maximum atomic E-state index is 7.21. The van der Waals surface area contributed by atoms with Crippen LogP contribution in [-0.4, -0.2) is 6.69 Å². The standard InChI is InChI=1S/C18H22Cl2Si/c1-3-11-9-13-5-7-15(11)17(13)21(19,20)18-14-6-8-16(18)12(4-2)10-14/h3-8,11-18H,1-2,9-10H2. The van der Waals surface area contributed by atoms with E-state index in [0.29, 0.717) is 46.6 Å². The average molecular weight is 337 g/mol. The fourth-order valence-corrected chi connectivity index (χ4v) is 13.1. The first kappa shape index (κ1) is 14.4. The van der Waals surface area contributed by atoms with Crippen molar-refractivity contribution in [1.29, 1.82) is 0 Å². The van der Waals surface area contributed by atoms with Gasteiger partial charge < -0.3 is 0 Å². The molecule has 4 rings (SSSR count). The Morgan fingerprint density at radius 1 is 0.810 bits per heavy atom. The van der Waals surface area contributed by atoms with E-state index < -0.39 is 6.69 Å². The van der Waals surface area contributed by atoms with E-state index in [9.17, 15) is 0 Å². The molecule has 21 heavy (non-hydrogen) atoms. The Morgan fingerprint density at radius 3 is 1.57 bits per heavy atom. The molecule has 3 heteroatoms. The number of rotatable bonds is 4. The summed E-state index contributed by atoms with van der Waals surface area (Å²) in [6.07, 6.45) is 16.1. The third-order valence-electron chi connectivity index (χ3n) is 6.48. The number of hydrogen-bond acceptors (Lipinski definition) is 0. The molecule has 4 aliphatic carbocycles. The molecule has 0 spiro atoms. The molecule has 2 saturated carbocycles. The van der Waals surface area contributed by atoms with E-state index in [1.165, 1.54) is 12.8 Å². The summed E-state index contributed by atoms with van der Waals surface area (Å²) < 4.78 is 0. The van der Waals surface area contributed by atoms with Gasteiger partial charge >= 0.3 is 0 Å². The molecule has 0 aromatic carbocycles. The molecule has 112 valence electrons. The molecule has 8 atom stereocenters. The van der Waals surface area contributed by atoms with Gasteiger partial charge in [-0.15, -0.1) is 35.3 Å². The van der Waals surface area contributed by atoms with E-state index in [4.69, 9.17) is 22.2 Å². The zero-order chi connectivity index (χ0) is 14.8. The highest BCUT2D eigenvalue weighted by molar-refractivity contribution is 7.46. The third kappa shape index (κ3) is 1.87. The summed E-state index contributed by atoms with van der Waals surface area (Å²) >= 11 is 14.4. The van der Waals surface area contributed by atoms with Crippen molar-refractivity contribution in [2.45, 2.75) is 23.9 Å². The maximum absolute atomic E-state index is 7.21. The smallest absolute Gasteiger partial charge is 0.145 e. The van der Waals surface area contributed by atoms with Crippen molar-refractivity contribution in [3.63, 3.8) is 0 Å². The van der Waals surface area contributed by atoms with E-state index in [1.807, 2.05) is 0 Å². The van der Waals surface area contributed by atoms with Crippen molar-refractivity contribution in [1.82, 2.24) is 0 Å². The molecule has 0 amide bonds. The van der Waals surface area contributed by atoms with Crippen molar-refractivity contribution in [2.24, 2.45) is 35.5 Å². The van der Waals surface area contributed by atoms with Gasteiger partial charge in [-0.25, -0.2) is 0 Å². The molecule has 8 unspecified atom stereocenters. The monoisotopic (exact) mass is 336 g/mol. The lowest BCUT2D eigenvalue weighted by Crippen LogP contribution is -2.39. The lowest BCUT2D eigenvalue weighted by atomic mass is 9.94. The first-order valence-corrected chi connectivity index (χ1v) is 12.2. The average Bonchev–Trinajstić information content (AvgIpc) is 3.23. The molecular weight excluding hydrogens is 315 g/mol. The predicted molar refractivity (Wildman–Crippen MR) is 93.8 cm³/mol. The van der Waals surface area contributed by atoms with Crippen molar-refractivity contribution < 1.29 is 0 Å². The zero-order valence-electron chi connectivity index (χ0n) is 12.2. The van der Waals surface area contributed by atoms with Crippen LogP contribution in [0.3, 0.4) is 0 Å². The summed E-state index contributed by atoms with van der Waals surface area (Å²) in [5, 5.41) is 0. The second-order valence-corrected chi connectivity index (χ2v) is 14.3. The fraction of sp³-hybridized carbons (Fsp3) is 0.556. The Balaban J connectivity index is 1.64. The molecule has 0 heterocycles. The van der Waals surface area contributed by atoms with Gasteiger partial charge in [0.15, 0.2) is 0 Å². The van der Waals surface area contributed by atoms with Gasteiger partial charge in [-0.05, 0) is 59.4 Å². The van der Waals surface area contributed by atoms with Gasteiger partial charge in [0.25, 0.3) is 6.69 Å². The predicted octanol–water partition coefficient (Wildman–Crippen LogP) is 5.66. The summed E-state index contributed by atoms with van der Waals surface area (Å²) in [6, 6.07) is 0. The van der Waals surface area contributed by atoms with Crippen LogP contribution in [0.4, 0.5) is 0 Å². The Morgan fingerprint density at radius 2 is 1.24 bits per heavy atom. The third-order valence-corrected chi connectivity index (χ3v) is 12.9. The maximum Gasteiger partial charge on any atom is 0.259 e. The minimum absolute atomic E-state index is 0.488. The van der Waals surface area contributed by atoms with E-state index in [1.54, 1.807) is 0 Å². The van der Waals surface area contributed by atoms with Crippen LogP contribution in [0.2, 0.25) is 11.1 Å². The van der Waals surface area contributed by atoms with Gasteiger partial charge in [-0.2, -0.15) is 0 Å². The molecule has 0 aliphatic heterocycles. The number of fused-ring (bicyclic) bond motifs is 4. The minimum Gasteiger partial charge on any atom is -0.145 e. The van der Waals surface area contributed by atoms with Crippen LogP contribution in [0.25, 0.3) is 0 Å². The number of hydrogen-bond donors (Lipinski definition) is 0. The molecule has 0 radical (unpaired) electrons.